The van der Waals surface area contributed by atoms with E-state index in [4.69, 9.17) is 10.2 Å². The average molecular weight is 230 g/mol. The summed E-state index contributed by atoms with van der Waals surface area (Å²) in [5, 5.41) is 24.1. The molecule has 1 aliphatic rings. The normalized spacial score (nSPS) is 26.5. The van der Waals surface area contributed by atoms with Crippen LogP contribution in [0.4, 0.5) is 0 Å². The van der Waals surface area contributed by atoms with Gasteiger partial charge in [0.2, 0.25) is 5.91 Å². The van der Waals surface area contributed by atoms with Crippen molar-refractivity contribution in [2.24, 2.45) is 0 Å². The SMILES string of the molecule is CC(CO)(CO)NC(=O)C1(C)CCCCN1. The van der Waals surface area contributed by atoms with E-state index in [9.17, 15) is 4.79 Å². The summed E-state index contributed by atoms with van der Waals surface area (Å²) in [6, 6.07) is 0. The number of rotatable bonds is 4. The van der Waals surface area contributed by atoms with Gasteiger partial charge < -0.3 is 20.8 Å². The van der Waals surface area contributed by atoms with Gasteiger partial charge in [0.15, 0.2) is 0 Å². The molecule has 0 aromatic carbocycles. The van der Waals surface area contributed by atoms with E-state index in [0.717, 1.165) is 25.8 Å². The van der Waals surface area contributed by atoms with Crippen molar-refractivity contribution >= 4 is 5.91 Å². The van der Waals surface area contributed by atoms with Crippen molar-refractivity contribution in [2.45, 2.75) is 44.2 Å². The summed E-state index contributed by atoms with van der Waals surface area (Å²) in [6.45, 7) is 3.77. The van der Waals surface area contributed by atoms with Gasteiger partial charge in [0, 0.05) is 0 Å². The van der Waals surface area contributed by atoms with Crippen LogP contribution in [0.1, 0.15) is 33.1 Å². The summed E-state index contributed by atoms with van der Waals surface area (Å²) in [5.74, 6) is -0.155. The summed E-state index contributed by atoms with van der Waals surface area (Å²) in [4.78, 5) is 12.1. The third-order valence-corrected chi connectivity index (χ3v) is 3.23. The predicted molar refractivity (Wildman–Crippen MR) is 61.0 cm³/mol. The van der Waals surface area contributed by atoms with Crippen LogP contribution in [0.15, 0.2) is 0 Å². The fourth-order valence-corrected chi connectivity index (χ4v) is 1.79. The van der Waals surface area contributed by atoms with Gasteiger partial charge in [-0.1, -0.05) is 0 Å². The molecule has 1 heterocycles. The Morgan fingerprint density at radius 3 is 2.50 bits per heavy atom. The van der Waals surface area contributed by atoms with Gasteiger partial charge in [-0.3, -0.25) is 4.79 Å². The number of amides is 1. The molecule has 16 heavy (non-hydrogen) atoms. The Kier molecular flexibility index (Phi) is 4.29. The van der Waals surface area contributed by atoms with Crippen molar-refractivity contribution in [2.75, 3.05) is 19.8 Å². The van der Waals surface area contributed by atoms with E-state index in [2.05, 4.69) is 10.6 Å². The Morgan fingerprint density at radius 2 is 2.06 bits per heavy atom. The molecule has 0 saturated carbocycles. The van der Waals surface area contributed by atoms with E-state index >= 15 is 0 Å². The van der Waals surface area contributed by atoms with Crippen LogP contribution in [0.3, 0.4) is 0 Å². The quantitative estimate of drug-likeness (QED) is 0.519. The topological polar surface area (TPSA) is 81.6 Å². The Hall–Kier alpha value is -0.650. The average Bonchev–Trinajstić information content (AvgIpc) is 2.30. The molecular weight excluding hydrogens is 208 g/mol. The fourth-order valence-electron chi connectivity index (χ4n) is 1.79. The lowest BCUT2D eigenvalue weighted by molar-refractivity contribution is -0.131. The minimum absolute atomic E-state index is 0.155. The van der Waals surface area contributed by atoms with E-state index < -0.39 is 11.1 Å². The summed E-state index contributed by atoms with van der Waals surface area (Å²) < 4.78 is 0. The molecule has 1 saturated heterocycles. The Labute approximate surface area is 96.2 Å². The largest absolute Gasteiger partial charge is 0.394 e. The molecule has 5 heteroatoms. The number of hydrogen-bond donors (Lipinski definition) is 4. The van der Waals surface area contributed by atoms with Gasteiger partial charge in [-0.15, -0.1) is 0 Å². The first-order chi connectivity index (χ1) is 7.46. The zero-order valence-electron chi connectivity index (χ0n) is 10.0. The molecule has 1 unspecified atom stereocenters. The molecule has 0 aromatic heterocycles. The smallest absolute Gasteiger partial charge is 0.240 e. The summed E-state index contributed by atoms with van der Waals surface area (Å²) in [6.07, 6.45) is 2.89. The second kappa shape index (κ2) is 5.12. The van der Waals surface area contributed by atoms with Crippen LogP contribution in [-0.4, -0.2) is 47.0 Å². The zero-order valence-corrected chi connectivity index (χ0v) is 10.0. The van der Waals surface area contributed by atoms with Crippen molar-refractivity contribution in [1.82, 2.24) is 10.6 Å². The standard InChI is InChI=1S/C11H22N2O3/c1-10(7-14,8-15)13-9(16)11(2)5-3-4-6-12-11/h12,14-15H,3-8H2,1-2H3,(H,13,16). The van der Waals surface area contributed by atoms with Crippen LogP contribution in [-0.2, 0) is 4.79 Å². The van der Waals surface area contributed by atoms with Crippen LogP contribution in [0.25, 0.3) is 0 Å². The number of hydrogen-bond acceptors (Lipinski definition) is 4. The molecule has 1 rings (SSSR count). The van der Waals surface area contributed by atoms with Gasteiger partial charge >= 0.3 is 0 Å². The van der Waals surface area contributed by atoms with Crippen molar-refractivity contribution in [1.29, 1.82) is 0 Å². The third kappa shape index (κ3) is 2.93. The molecular formula is C11H22N2O3. The monoisotopic (exact) mass is 230 g/mol. The summed E-state index contributed by atoms with van der Waals surface area (Å²) >= 11 is 0. The van der Waals surface area contributed by atoms with Crippen LogP contribution in [0.2, 0.25) is 0 Å². The van der Waals surface area contributed by atoms with Crippen LogP contribution < -0.4 is 10.6 Å². The lowest BCUT2D eigenvalue weighted by atomic mass is 9.89. The Bertz CT molecular complexity index is 246. The van der Waals surface area contributed by atoms with E-state index in [-0.39, 0.29) is 19.1 Å². The van der Waals surface area contributed by atoms with Crippen molar-refractivity contribution < 1.29 is 15.0 Å². The maximum atomic E-state index is 12.1. The van der Waals surface area contributed by atoms with Crippen LogP contribution in [0, 0.1) is 0 Å². The summed E-state index contributed by atoms with van der Waals surface area (Å²) in [7, 11) is 0. The minimum Gasteiger partial charge on any atom is -0.394 e. The third-order valence-electron chi connectivity index (χ3n) is 3.23. The maximum absolute atomic E-state index is 12.1. The highest BCUT2D eigenvalue weighted by molar-refractivity contribution is 5.86. The highest BCUT2D eigenvalue weighted by Gasteiger charge is 2.37. The number of carbonyl (C=O) groups is 1. The number of aliphatic hydroxyl groups is 2. The zero-order chi connectivity index (χ0) is 12.2. The van der Waals surface area contributed by atoms with Crippen LogP contribution >= 0.6 is 0 Å². The van der Waals surface area contributed by atoms with Crippen molar-refractivity contribution in [3.8, 4) is 0 Å². The molecule has 1 fully saturated rings. The number of carbonyl (C=O) groups excluding carboxylic acids is 1. The number of aliphatic hydroxyl groups excluding tert-OH is 2. The van der Waals surface area contributed by atoms with Crippen LogP contribution in [0.5, 0.6) is 0 Å². The highest BCUT2D eigenvalue weighted by atomic mass is 16.3. The molecule has 0 radical (unpaired) electrons. The molecule has 1 amide bonds. The van der Waals surface area contributed by atoms with Gasteiger partial charge in [0.1, 0.15) is 0 Å². The van der Waals surface area contributed by atoms with Gasteiger partial charge in [-0.05, 0) is 39.7 Å². The molecule has 0 aliphatic carbocycles. The first kappa shape index (κ1) is 13.4. The predicted octanol–water partition coefficient (Wildman–Crippen LogP) is -0.622. The minimum atomic E-state index is -0.945. The second-order valence-electron chi connectivity index (χ2n) is 5.05. The molecule has 0 spiro atoms. The molecule has 1 atom stereocenters. The lowest BCUT2D eigenvalue weighted by Crippen LogP contribution is -2.63. The van der Waals surface area contributed by atoms with E-state index in [1.54, 1.807) is 6.92 Å². The van der Waals surface area contributed by atoms with E-state index in [0.29, 0.717) is 0 Å². The molecule has 5 nitrogen and oxygen atoms in total. The van der Waals surface area contributed by atoms with Crippen molar-refractivity contribution in [3.63, 3.8) is 0 Å². The van der Waals surface area contributed by atoms with Gasteiger partial charge in [0.05, 0.1) is 24.3 Å². The van der Waals surface area contributed by atoms with E-state index in [1.165, 1.54) is 0 Å². The van der Waals surface area contributed by atoms with Gasteiger partial charge in [-0.2, -0.15) is 0 Å². The second-order valence-corrected chi connectivity index (χ2v) is 5.05. The first-order valence-corrected chi connectivity index (χ1v) is 5.75. The van der Waals surface area contributed by atoms with Crippen molar-refractivity contribution in [3.05, 3.63) is 0 Å². The fraction of sp³-hybridized carbons (Fsp3) is 0.909. The number of nitrogens with one attached hydrogen (secondary N) is 2. The molecule has 1 aliphatic heterocycles. The molecule has 94 valence electrons. The van der Waals surface area contributed by atoms with E-state index in [1.807, 2.05) is 6.92 Å². The maximum Gasteiger partial charge on any atom is 0.240 e. The highest BCUT2D eigenvalue weighted by Crippen LogP contribution is 2.19. The van der Waals surface area contributed by atoms with Gasteiger partial charge in [-0.25, -0.2) is 0 Å². The van der Waals surface area contributed by atoms with Gasteiger partial charge in [0.25, 0.3) is 0 Å². The lowest BCUT2D eigenvalue weighted by Gasteiger charge is -2.37. The molecule has 0 aromatic rings. The summed E-state index contributed by atoms with van der Waals surface area (Å²) in [5.41, 5.74) is -1.52. The molecule has 0 bridgehead atoms. The molecule has 4 N–H and O–H groups in total. The number of piperidine rings is 1. The first-order valence-electron chi connectivity index (χ1n) is 5.75. The Morgan fingerprint density at radius 1 is 1.44 bits per heavy atom. The Balaban J connectivity index is 2.63.